The molecular weight excluding hydrogens is 383 g/mol. The monoisotopic (exact) mass is 408 g/mol. The molecule has 4 rings (SSSR count). The SMILES string of the molecule is CCn1c(CNC(=O)C2CCN(C(=O)c3ccc(F)cc3)CC2)nc2ccccc21. The average Bonchev–Trinajstić information content (AvgIpc) is 3.15. The average molecular weight is 408 g/mol. The van der Waals surface area contributed by atoms with Gasteiger partial charge in [0.1, 0.15) is 11.6 Å². The topological polar surface area (TPSA) is 67.2 Å². The van der Waals surface area contributed by atoms with Crippen LogP contribution in [0.5, 0.6) is 0 Å². The Morgan fingerprint density at radius 1 is 1.10 bits per heavy atom. The van der Waals surface area contributed by atoms with E-state index in [0.29, 0.717) is 38.0 Å². The van der Waals surface area contributed by atoms with Crippen molar-refractivity contribution in [1.82, 2.24) is 19.8 Å². The zero-order valence-electron chi connectivity index (χ0n) is 17.0. The van der Waals surface area contributed by atoms with E-state index in [9.17, 15) is 14.0 Å². The number of halogens is 1. The molecule has 3 aromatic rings. The maximum absolute atomic E-state index is 13.1. The van der Waals surface area contributed by atoms with Gasteiger partial charge in [0.2, 0.25) is 5.91 Å². The first-order valence-corrected chi connectivity index (χ1v) is 10.3. The van der Waals surface area contributed by atoms with Crippen molar-refractivity contribution in [3.05, 3.63) is 65.7 Å². The summed E-state index contributed by atoms with van der Waals surface area (Å²) in [5.41, 5.74) is 2.46. The molecule has 156 valence electrons. The maximum Gasteiger partial charge on any atom is 0.253 e. The molecule has 1 aromatic heterocycles. The van der Waals surface area contributed by atoms with Crippen LogP contribution in [0.3, 0.4) is 0 Å². The van der Waals surface area contributed by atoms with Gasteiger partial charge >= 0.3 is 0 Å². The Labute approximate surface area is 174 Å². The highest BCUT2D eigenvalue weighted by molar-refractivity contribution is 5.94. The highest BCUT2D eigenvalue weighted by Crippen LogP contribution is 2.20. The molecule has 1 fully saturated rings. The number of fused-ring (bicyclic) bond motifs is 1. The van der Waals surface area contributed by atoms with Crippen LogP contribution in [-0.2, 0) is 17.9 Å². The molecule has 1 saturated heterocycles. The summed E-state index contributed by atoms with van der Waals surface area (Å²) in [7, 11) is 0. The van der Waals surface area contributed by atoms with E-state index in [4.69, 9.17) is 0 Å². The number of nitrogens with zero attached hydrogens (tertiary/aromatic N) is 3. The summed E-state index contributed by atoms with van der Waals surface area (Å²) in [4.78, 5) is 31.6. The van der Waals surface area contributed by atoms with E-state index in [1.807, 2.05) is 24.3 Å². The normalized spacial score (nSPS) is 14.8. The lowest BCUT2D eigenvalue weighted by Crippen LogP contribution is -2.43. The minimum absolute atomic E-state index is 0.00131. The molecule has 1 aliphatic rings. The van der Waals surface area contributed by atoms with Crippen molar-refractivity contribution in [2.75, 3.05) is 13.1 Å². The van der Waals surface area contributed by atoms with Gasteiger partial charge in [0.15, 0.2) is 0 Å². The van der Waals surface area contributed by atoms with Gasteiger partial charge in [-0.15, -0.1) is 0 Å². The van der Waals surface area contributed by atoms with Gasteiger partial charge in [-0.2, -0.15) is 0 Å². The summed E-state index contributed by atoms with van der Waals surface area (Å²) in [6.45, 7) is 4.27. The highest BCUT2D eigenvalue weighted by Gasteiger charge is 2.28. The summed E-state index contributed by atoms with van der Waals surface area (Å²) in [6.07, 6.45) is 1.23. The Balaban J connectivity index is 1.33. The van der Waals surface area contributed by atoms with Gasteiger partial charge in [-0.1, -0.05) is 12.1 Å². The minimum atomic E-state index is -0.362. The first kappa shape index (κ1) is 20.1. The molecule has 2 heterocycles. The number of aryl methyl sites for hydroxylation is 1. The van der Waals surface area contributed by atoms with E-state index in [-0.39, 0.29) is 23.5 Å². The van der Waals surface area contributed by atoms with Gasteiger partial charge in [-0.3, -0.25) is 9.59 Å². The third kappa shape index (κ3) is 4.06. The third-order valence-electron chi connectivity index (χ3n) is 5.71. The largest absolute Gasteiger partial charge is 0.349 e. The van der Waals surface area contributed by atoms with Gasteiger partial charge in [0.05, 0.1) is 17.6 Å². The Morgan fingerprint density at radius 3 is 2.50 bits per heavy atom. The van der Waals surface area contributed by atoms with Crippen LogP contribution >= 0.6 is 0 Å². The van der Waals surface area contributed by atoms with Crippen LogP contribution < -0.4 is 5.32 Å². The molecule has 1 aliphatic heterocycles. The minimum Gasteiger partial charge on any atom is -0.349 e. The molecule has 0 unspecified atom stereocenters. The molecule has 0 bridgehead atoms. The quantitative estimate of drug-likeness (QED) is 0.704. The van der Waals surface area contributed by atoms with Gasteiger partial charge in [0.25, 0.3) is 5.91 Å². The first-order chi connectivity index (χ1) is 14.6. The predicted octanol–water partition coefficient (Wildman–Crippen LogP) is 3.36. The summed E-state index contributed by atoms with van der Waals surface area (Å²) < 4.78 is 15.2. The van der Waals surface area contributed by atoms with Crippen molar-refractivity contribution in [1.29, 1.82) is 0 Å². The van der Waals surface area contributed by atoms with Crippen LogP contribution in [0.1, 0.15) is 35.9 Å². The summed E-state index contributed by atoms with van der Waals surface area (Å²) in [6, 6.07) is 13.5. The number of benzene rings is 2. The number of likely N-dealkylation sites (tertiary alicyclic amines) is 1. The Kier molecular flexibility index (Phi) is 5.79. The van der Waals surface area contributed by atoms with Crippen molar-refractivity contribution < 1.29 is 14.0 Å². The standard InChI is InChI=1S/C23H25FN4O2/c1-2-28-20-6-4-3-5-19(20)26-21(28)15-25-22(29)16-11-13-27(14-12-16)23(30)17-7-9-18(24)10-8-17/h3-10,16H,2,11-15H2,1H3,(H,25,29). The predicted molar refractivity (Wildman–Crippen MR) is 112 cm³/mol. The fourth-order valence-corrected chi connectivity index (χ4v) is 4.04. The fraction of sp³-hybridized carbons (Fsp3) is 0.348. The Hall–Kier alpha value is -3.22. The van der Waals surface area contributed by atoms with E-state index in [0.717, 1.165) is 23.4 Å². The number of carbonyl (C=O) groups is 2. The molecular formula is C23H25FN4O2. The van der Waals surface area contributed by atoms with Crippen LogP contribution in [0.25, 0.3) is 11.0 Å². The second-order valence-corrected chi connectivity index (χ2v) is 7.55. The molecule has 2 aromatic carbocycles. The molecule has 6 nitrogen and oxygen atoms in total. The molecule has 7 heteroatoms. The number of para-hydroxylation sites is 2. The van der Waals surface area contributed by atoms with Crippen molar-refractivity contribution in [2.24, 2.45) is 5.92 Å². The fourth-order valence-electron chi connectivity index (χ4n) is 4.04. The van der Waals surface area contributed by atoms with Crippen LogP contribution in [0, 0.1) is 11.7 Å². The van der Waals surface area contributed by atoms with E-state index in [1.165, 1.54) is 24.3 Å². The number of carbonyl (C=O) groups excluding carboxylic acids is 2. The summed E-state index contributed by atoms with van der Waals surface area (Å²) in [5, 5.41) is 3.02. The molecule has 2 amide bonds. The second-order valence-electron chi connectivity index (χ2n) is 7.55. The van der Waals surface area contributed by atoms with Crippen LogP contribution in [0.15, 0.2) is 48.5 Å². The van der Waals surface area contributed by atoms with Crippen LogP contribution in [-0.4, -0.2) is 39.4 Å². The number of nitrogens with one attached hydrogen (secondary N) is 1. The van der Waals surface area contributed by atoms with Gasteiger partial charge in [-0.25, -0.2) is 9.37 Å². The second kappa shape index (κ2) is 8.65. The molecule has 30 heavy (non-hydrogen) atoms. The molecule has 1 N–H and O–H groups in total. The van der Waals surface area contributed by atoms with Crippen molar-refractivity contribution in [2.45, 2.75) is 32.9 Å². The number of aromatic nitrogens is 2. The van der Waals surface area contributed by atoms with Crippen molar-refractivity contribution in [3.8, 4) is 0 Å². The Morgan fingerprint density at radius 2 is 1.80 bits per heavy atom. The first-order valence-electron chi connectivity index (χ1n) is 10.3. The van der Waals surface area contributed by atoms with Crippen molar-refractivity contribution in [3.63, 3.8) is 0 Å². The number of hydrogen-bond donors (Lipinski definition) is 1. The molecule has 0 spiro atoms. The van der Waals surface area contributed by atoms with E-state index < -0.39 is 0 Å². The molecule has 0 atom stereocenters. The molecule has 0 aliphatic carbocycles. The van der Waals surface area contributed by atoms with Gasteiger partial charge in [-0.05, 0) is 56.2 Å². The summed E-state index contributed by atoms with van der Waals surface area (Å²) >= 11 is 0. The number of imidazole rings is 1. The van der Waals surface area contributed by atoms with E-state index >= 15 is 0 Å². The van der Waals surface area contributed by atoms with E-state index in [1.54, 1.807) is 4.90 Å². The number of amides is 2. The van der Waals surface area contributed by atoms with Gasteiger partial charge in [0, 0.05) is 31.1 Å². The zero-order chi connectivity index (χ0) is 21.1. The number of hydrogen-bond acceptors (Lipinski definition) is 3. The van der Waals surface area contributed by atoms with Crippen LogP contribution in [0.2, 0.25) is 0 Å². The lowest BCUT2D eigenvalue weighted by Gasteiger charge is -2.31. The van der Waals surface area contributed by atoms with Gasteiger partial charge < -0.3 is 14.8 Å². The number of rotatable bonds is 5. The summed E-state index contributed by atoms with van der Waals surface area (Å²) in [5.74, 6) is 0.236. The highest BCUT2D eigenvalue weighted by atomic mass is 19.1. The third-order valence-corrected chi connectivity index (χ3v) is 5.71. The van der Waals surface area contributed by atoms with Crippen molar-refractivity contribution >= 4 is 22.8 Å². The molecule has 0 saturated carbocycles. The maximum atomic E-state index is 13.1. The lowest BCUT2D eigenvalue weighted by molar-refractivity contribution is -0.126. The molecule has 0 radical (unpaired) electrons. The zero-order valence-corrected chi connectivity index (χ0v) is 17.0. The Bertz CT molecular complexity index is 1050. The number of piperidine rings is 1. The van der Waals surface area contributed by atoms with Crippen LogP contribution in [0.4, 0.5) is 4.39 Å². The van der Waals surface area contributed by atoms with E-state index in [2.05, 4.69) is 21.8 Å². The lowest BCUT2D eigenvalue weighted by atomic mass is 9.95. The smallest absolute Gasteiger partial charge is 0.253 e.